The molecule has 2 N–H and O–H groups in total. The molecule has 98 valence electrons. The highest BCUT2D eigenvalue weighted by atomic mass is 16.5. The van der Waals surface area contributed by atoms with E-state index >= 15 is 0 Å². The van der Waals surface area contributed by atoms with Crippen LogP contribution >= 0.6 is 0 Å². The van der Waals surface area contributed by atoms with Gasteiger partial charge in [0, 0.05) is 11.6 Å². The fourth-order valence-electron chi connectivity index (χ4n) is 1.64. The van der Waals surface area contributed by atoms with Gasteiger partial charge in [0.15, 0.2) is 0 Å². The van der Waals surface area contributed by atoms with Crippen molar-refractivity contribution in [3.63, 3.8) is 0 Å². The second-order valence-electron chi connectivity index (χ2n) is 3.68. The second-order valence-corrected chi connectivity index (χ2v) is 3.68. The molecule has 0 radical (unpaired) electrons. The Morgan fingerprint density at radius 1 is 1.21 bits per heavy atom. The van der Waals surface area contributed by atoms with Gasteiger partial charge in [-0.25, -0.2) is 10.2 Å². The van der Waals surface area contributed by atoms with Crippen LogP contribution in [0, 0.1) is 0 Å². The van der Waals surface area contributed by atoms with E-state index in [2.05, 4.69) is 20.6 Å². The zero-order valence-corrected chi connectivity index (χ0v) is 10.3. The van der Waals surface area contributed by atoms with Crippen molar-refractivity contribution < 1.29 is 14.3 Å². The van der Waals surface area contributed by atoms with Crippen molar-refractivity contribution >= 4 is 22.9 Å². The SMILES string of the molecule is CCOC(=O)NNC(=O)c1ccnc2ccccc12. The van der Waals surface area contributed by atoms with Gasteiger partial charge in [-0.1, -0.05) is 18.2 Å². The zero-order chi connectivity index (χ0) is 13.7. The first kappa shape index (κ1) is 12.8. The lowest BCUT2D eigenvalue weighted by atomic mass is 10.1. The van der Waals surface area contributed by atoms with Gasteiger partial charge in [-0.3, -0.25) is 15.2 Å². The number of para-hydroxylation sites is 1. The van der Waals surface area contributed by atoms with Crippen LogP contribution in [0.1, 0.15) is 17.3 Å². The third kappa shape index (κ3) is 2.98. The van der Waals surface area contributed by atoms with Crippen molar-refractivity contribution in [3.05, 3.63) is 42.1 Å². The smallest absolute Gasteiger partial charge is 0.426 e. The zero-order valence-electron chi connectivity index (χ0n) is 10.3. The molecule has 0 aliphatic heterocycles. The summed E-state index contributed by atoms with van der Waals surface area (Å²) in [5, 5.41) is 0.716. The minimum atomic E-state index is -0.700. The van der Waals surface area contributed by atoms with E-state index in [0.29, 0.717) is 16.5 Å². The van der Waals surface area contributed by atoms with Gasteiger partial charge in [-0.15, -0.1) is 0 Å². The Labute approximate surface area is 109 Å². The van der Waals surface area contributed by atoms with Crippen molar-refractivity contribution in [1.82, 2.24) is 15.8 Å². The molecule has 2 amide bonds. The fourth-order valence-corrected chi connectivity index (χ4v) is 1.64. The molecule has 1 aromatic carbocycles. The van der Waals surface area contributed by atoms with Crippen molar-refractivity contribution in [2.45, 2.75) is 6.92 Å². The molecule has 0 saturated heterocycles. The molecule has 0 saturated carbocycles. The first-order valence-electron chi connectivity index (χ1n) is 5.79. The molecule has 6 nitrogen and oxygen atoms in total. The number of fused-ring (bicyclic) bond motifs is 1. The number of amides is 2. The van der Waals surface area contributed by atoms with E-state index in [0.717, 1.165) is 0 Å². The van der Waals surface area contributed by atoms with Gasteiger partial charge < -0.3 is 4.74 Å². The van der Waals surface area contributed by atoms with E-state index in [9.17, 15) is 9.59 Å². The molecule has 0 aliphatic carbocycles. The number of nitrogens with one attached hydrogen (secondary N) is 2. The molecule has 0 fully saturated rings. The minimum Gasteiger partial charge on any atom is -0.449 e. The lowest BCUT2D eigenvalue weighted by Crippen LogP contribution is -2.42. The van der Waals surface area contributed by atoms with Gasteiger partial charge in [0.05, 0.1) is 17.7 Å². The van der Waals surface area contributed by atoms with Gasteiger partial charge >= 0.3 is 6.09 Å². The molecule has 2 rings (SSSR count). The monoisotopic (exact) mass is 259 g/mol. The lowest BCUT2D eigenvalue weighted by Gasteiger charge is -2.08. The van der Waals surface area contributed by atoms with Crippen LogP contribution in [0.4, 0.5) is 4.79 Å². The van der Waals surface area contributed by atoms with E-state index in [1.807, 2.05) is 18.2 Å². The van der Waals surface area contributed by atoms with Gasteiger partial charge in [0.25, 0.3) is 5.91 Å². The largest absolute Gasteiger partial charge is 0.449 e. The maximum absolute atomic E-state index is 12.0. The molecule has 1 heterocycles. The number of hydrogen-bond acceptors (Lipinski definition) is 4. The van der Waals surface area contributed by atoms with E-state index in [1.165, 1.54) is 0 Å². The molecule has 0 atom stereocenters. The van der Waals surface area contributed by atoms with Crippen molar-refractivity contribution in [3.8, 4) is 0 Å². The van der Waals surface area contributed by atoms with Crippen LogP contribution in [-0.4, -0.2) is 23.6 Å². The Morgan fingerprint density at radius 3 is 2.79 bits per heavy atom. The van der Waals surface area contributed by atoms with Crippen LogP contribution in [0.5, 0.6) is 0 Å². The van der Waals surface area contributed by atoms with Gasteiger partial charge in [0.2, 0.25) is 0 Å². The van der Waals surface area contributed by atoms with E-state index in [1.54, 1.807) is 25.3 Å². The summed E-state index contributed by atoms with van der Waals surface area (Å²) in [4.78, 5) is 27.2. The summed E-state index contributed by atoms with van der Waals surface area (Å²) in [7, 11) is 0. The number of hydrogen-bond donors (Lipinski definition) is 2. The Balaban J connectivity index is 2.15. The average Bonchev–Trinajstić information content (AvgIpc) is 2.44. The quantitative estimate of drug-likeness (QED) is 0.803. The third-order valence-corrected chi connectivity index (χ3v) is 2.45. The lowest BCUT2D eigenvalue weighted by molar-refractivity contribution is 0.0914. The predicted octanol–water partition coefficient (Wildman–Crippen LogP) is 1.63. The fraction of sp³-hybridized carbons (Fsp3) is 0.154. The van der Waals surface area contributed by atoms with Crippen LogP contribution in [0.3, 0.4) is 0 Å². The highest BCUT2D eigenvalue weighted by Gasteiger charge is 2.11. The number of ether oxygens (including phenoxy) is 1. The molecular formula is C13H13N3O3. The number of pyridine rings is 1. The van der Waals surface area contributed by atoms with Gasteiger partial charge in [-0.05, 0) is 19.1 Å². The van der Waals surface area contributed by atoms with Crippen LogP contribution in [-0.2, 0) is 4.74 Å². The molecule has 1 aromatic heterocycles. The van der Waals surface area contributed by atoms with E-state index < -0.39 is 12.0 Å². The maximum Gasteiger partial charge on any atom is 0.426 e. The number of carbonyl (C=O) groups is 2. The summed E-state index contributed by atoms with van der Waals surface area (Å²) < 4.78 is 4.64. The van der Waals surface area contributed by atoms with E-state index in [4.69, 9.17) is 0 Å². The van der Waals surface area contributed by atoms with Crippen molar-refractivity contribution in [2.24, 2.45) is 0 Å². The molecule has 0 spiro atoms. The minimum absolute atomic E-state index is 0.236. The number of rotatable bonds is 2. The first-order chi connectivity index (χ1) is 9.22. The predicted molar refractivity (Wildman–Crippen MR) is 69.4 cm³/mol. The van der Waals surface area contributed by atoms with Crippen molar-refractivity contribution in [2.75, 3.05) is 6.61 Å². The molecule has 6 heteroatoms. The van der Waals surface area contributed by atoms with Crippen molar-refractivity contribution in [1.29, 1.82) is 0 Å². The molecule has 0 bridgehead atoms. The second kappa shape index (κ2) is 5.81. The average molecular weight is 259 g/mol. The summed E-state index contributed by atoms with van der Waals surface area (Å²) in [6.45, 7) is 1.91. The Morgan fingerprint density at radius 2 is 2.00 bits per heavy atom. The van der Waals surface area contributed by atoms with Crippen LogP contribution in [0.15, 0.2) is 36.5 Å². The normalized spacial score (nSPS) is 9.95. The van der Waals surface area contributed by atoms with Gasteiger partial charge in [0.1, 0.15) is 0 Å². The highest BCUT2D eigenvalue weighted by molar-refractivity contribution is 6.06. The number of nitrogens with zero attached hydrogens (tertiary/aromatic N) is 1. The summed E-state index contributed by atoms with van der Waals surface area (Å²) in [6, 6.07) is 8.85. The van der Waals surface area contributed by atoms with Gasteiger partial charge in [-0.2, -0.15) is 0 Å². The number of hydrazine groups is 1. The Kier molecular flexibility index (Phi) is 3.92. The maximum atomic E-state index is 12.0. The van der Waals surface area contributed by atoms with Crippen LogP contribution in [0.2, 0.25) is 0 Å². The number of benzene rings is 1. The molecule has 0 aliphatic rings. The summed E-state index contributed by atoms with van der Waals surface area (Å²) in [6.07, 6.45) is 0.843. The molecular weight excluding hydrogens is 246 g/mol. The standard InChI is InChI=1S/C13H13N3O3/c1-2-19-13(18)16-15-12(17)10-7-8-14-11-6-4-3-5-9(10)11/h3-8H,2H2,1H3,(H,15,17)(H,16,18). The van der Waals surface area contributed by atoms with E-state index in [-0.39, 0.29) is 6.61 Å². The number of carbonyl (C=O) groups excluding carboxylic acids is 2. The summed E-state index contributed by atoms with van der Waals surface area (Å²) >= 11 is 0. The summed E-state index contributed by atoms with van der Waals surface area (Å²) in [5.41, 5.74) is 5.60. The highest BCUT2D eigenvalue weighted by Crippen LogP contribution is 2.15. The van der Waals surface area contributed by atoms with Crippen LogP contribution < -0.4 is 10.9 Å². The van der Waals surface area contributed by atoms with Crippen LogP contribution in [0.25, 0.3) is 10.9 Å². The topological polar surface area (TPSA) is 80.3 Å². The number of aromatic nitrogens is 1. The molecule has 2 aromatic rings. The first-order valence-corrected chi connectivity index (χ1v) is 5.79. The Bertz CT molecular complexity index is 608. The third-order valence-electron chi connectivity index (χ3n) is 2.45. The molecule has 0 unspecified atom stereocenters. The summed E-state index contributed by atoms with van der Waals surface area (Å²) in [5.74, 6) is -0.424. The molecule has 19 heavy (non-hydrogen) atoms. The Hall–Kier alpha value is -2.63.